The van der Waals surface area contributed by atoms with E-state index in [9.17, 15) is 39.9 Å². The third-order valence-electron chi connectivity index (χ3n) is 9.40. The minimum atomic E-state index is -1.60. The number of nitrogen functional groups attached to an aromatic ring is 1. The average molecular weight is 732 g/mol. The predicted octanol–water partition coefficient (Wildman–Crippen LogP) is -8.33. The van der Waals surface area contributed by atoms with Crippen LogP contribution in [0, 0.1) is 0 Å². The van der Waals surface area contributed by atoms with Gasteiger partial charge < -0.3 is 90.1 Å². The molecule has 51 heavy (non-hydrogen) atoms. The van der Waals surface area contributed by atoms with Crippen LogP contribution in [0.15, 0.2) is 17.1 Å². The molecule has 15 atom stereocenters. The van der Waals surface area contributed by atoms with Crippen LogP contribution in [0.3, 0.4) is 0 Å². The number of carbonyl (C=O) groups is 2. The van der Waals surface area contributed by atoms with Gasteiger partial charge in [0.2, 0.25) is 5.91 Å². The lowest BCUT2D eigenvalue weighted by molar-refractivity contribution is -0.279. The second-order valence-electron chi connectivity index (χ2n) is 13.1. The van der Waals surface area contributed by atoms with Crippen molar-refractivity contribution < 1.29 is 49.3 Å². The molecule has 1 aromatic rings. The summed E-state index contributed by atoms with van der Waals surface area (Å²) in [5.41, 5.74) is 34.8. The summed E-state index contributed by atoms with van der Waals surface area (Å²) >= 11 is 0. The Morgan fingerprint density at radius 1 is 0.961 bits per heavy atom. The fourth-order valence-corrected chi connectivity index (χ4v) is 6.38. The monoisotopic (exact) mass is 731 g/mol. The molecule has 1 aliphatic carbocycles. The molecule has 2 amide bonds. The summed E-state index contributed by atoms with van der Waals surface area (Å²) in [7, 11) is 0. The summed E-state index contributed by atoms with van der Waals surface area (Å²) in [5, 5.41) is 60.5. The van der Waals surface area contributed by atoms with Crippen molar-refractivity contribution in [3.63, 3.8) is 0 Å². The van der Waals surface area contributed by atoms with Gasteiger partial charge in [-0.25, -0.2) is 4.79 Å². The van der Waals surface area contributed by atoms with Gasteiger partial charge in [0.1, 0.15) is 36.3 Å². The number of aliphatic hydroxyl groups is 5. The molecule has 22 nitrogen and oxygen atoms in total. The van der Waals surface area contributed by atoms with Crippen molar-refractivity contribution in [2.45, 2.75) is 117 Å². The first kappa shape index (κ1) is 40.8. The first-order valence-electron chi connectivity index (χ1n) is 16.9. The SMILES string of the molecule is NC[C@H]1O[C@H](O[C@H]2[C@@H](NCCNC(=O)[C@@H](N)CCCCNC(=O)[C@H]3O[C@@H](n4ccc(N)nc4=O)[C@H](O)[C@@H]3O)[C@@H](O)[C@H](N)C[C@@H]2N)[C@H](N)[C@@H](O)[C@@H]1O. The molecule has 290 valence electrons. The zero-order valence-corrected chi connectivity index (χ0v) is 28.0. The number of nitrogens with two attached hydrogens (primary N) is 6. The Morgan fingerprint density at radius 2 is 1.69 bits per heavy atom. The maximum atomic E-state index is 12.6. The second kappa shape index (κ2) is 18.2. The van der Waals surface area contributed by atoms with E-state index in [1.54, 1.807) is 0 Å². The number of aliphatic hydroxyl groups excluding tert-OH is 5. The molecule has 1 aromatic heterocycles. The first-order chi connectivity index (χ1) is 24.2. The van der Waals surface area contributed by atoms with Gasteiger partial charge in [-0.15, -0.1) is 0 Å². The molecule has 0 aromatic carbocycles. The van der Waals surface area contributed by atoms with Crippen molar-refractivity contribution in [1.82, 2.24) is 25.5 Å². The maximum Gasteiger partial charge on any atom is 0.351 e. The lowest BCUT2D eigenvalue weighted by Gasteiger charge is -2.47. The molecule has 22 heteroatoms. The average Bonchev–Trinajstić information content (AvgIpc) is 3.39. The lowest BCUT2D eigenvalue weighted by Crippen LogP contribution is -2.70. The highest BCUT2D eigenvalue weighted by molar-refractivity contribution is 5.82. The molecule has 0 radical (unpaired) electrons. The highest BCUT2D eigenvalue weighted by Crippen LogP contribution is 2.29. The van der Waals surface area contributed by atoms with Gasteiger partial charge in [-0.2, -0.15) is 4.98 Å². The number of rotatable bonds is 15. The number of ether oxygens (including phenoxy) is 3. The van der Waals surface area contributed by atoms with E-state index in [1.165, 1.54) is 12.3 Å². The highest BCUT2D eigenvalue weighted by Gasteiger charge is 2.49. The number of aromatic nitrogens is 2. The Hall–Kier alpha value is -2.94. The molecule has 0 unspecified atom stereocenters. The van der Waals surface area contributed by atoms with Crippen LogP contribution < -0.4 is 56.0 Å². The molecule has 3 fully saturated rings. The van der Waals surface area contributed by atoms with Crippen LogP contribution >= 0.6 is 0 Å². The summed E-state index contributed by atoms with van der Waals surface area (Å²) in [6.07, 6.45) is -10.1. The van der Waals surface area contributed by atoms with Crippen molar-refractivity contribution in [3.8, 4) is 0 Å². The zero-order valence-electron chi connectivity index (χ0n) is 28.0. The van der Waals surface area contributed by atoms with Gasteiger partial charge >= 0.3 is 5.69 Å². The van der Waals surface area contributed by atoms with E-state index in [0.717, 1.165) is 4.57 Å². The van der Waals surface area contributed by atoms with Crippen LogP contribution in [0.25, 0.3) is 0 Å². The molecule has 20 N–H and O–H groups in total. The normalized spacial score (nSPS) is 37.5. The van der Waals surface area contributed by atoms with E-state index in [0.29, 0.717) is 19.3 Å². The van der Waals surface area contributed by atoms with Crippen molar-refractivity contribution in [3.05, 3.63) is 22.7 Å². The summed E-state index contributed by atoms with van der Waals surface area (Å²) in [6, 6.07) is -2.80. The lowest BCUT2D eigenvalue weighted by atomic mass is 9.82. The number of nitrogens with one attached hydrogen (secondary N) is 3. The molecular formula is C29H53N11O11. The number of carbonyl (C=O) groups excluding carboxylic acids is 2. The van der Waals surface area contributed by atoms with Gasteiger partial charge in [-0.05, 0) is 31.7 Å². The Kier molecular flexibility index (Phi) is 14.6. The van der Waals surface area contributed by atoms with Crippen LogP contribution in [-0.4, -0.2) is 158 Å². The molecule has 0 spiro atoms. The molecule has 2 aliphatic heterocycles. The van der Waals surface area contributed by atoms with Gasteiger partial charge in [-0.1, -0.05) is 0 Å². The molecule has 2 saturated heterocycles. The Labute approximate surface area is 293 Å². The van der Waals surface area contributed by atoms with Gasteiger partial charge in [0.25, 0.3) is 5.91 Å². The summed E-state index contributed by atoms with van der Waals surface area (Å²) in [5.74, 6) is -1.16. The summed E-state index contributed by atoms with van der Waals surface area (Å²) < 4.78 is 18.1. The summed E-state index contributed by atoms with van der Waals surface area (Å²) in [4.78, 5) is 40.9. The molecule has 3 aliphatic rings. The zero-order chi connectivity index (χ0) is 37.6. The third kappa shape index (κ3) is 9.74. The van der Waals surface area contributed by atoms with E-state index >= 15 is 0 Å². The van der Waals surface area contributed by atoms with E-state index in [2.05, 4.69) is 20.9 Å². The number of anilines is 1. The highest BCUT2D eigenvalue weighted by atomic mass is 16.7. The van der Waals surface area contributed by atoms with Crippen LogP contribution in [0.4, 0.5) is 5.82 Å². The van der Waals surface area contributed by atoms with Gasteiger partial charge in [0, 0.05) is 44.5 Å². The van der Waals surface area contributed by atoms with E-state index < -0.39 is 109 Å². The third-order valence-corrected chi connectivity index (χ3v) is 9.40. The number of nitrogens with zero attached hydrogens (tertiary/aromatic N) is 2. The van der Waals surface area contributed by atoms with Crippen LogP contribution in [0.1, 0.15) is 31.9 Å². The molecular weight excluding hydrogens is 678 g/mol. The van der Waals surface area contributed by atoms with E-state index in [4.69, 9.17) is 48.6 Å². The fourth-order valence-electron chi connectivity index (χ4n) is 6.38. The van der Waals surface area contributed by atoms with Crippen LogP contribution in [0.5, 0.6) is 0 Å². The van der Waals surface area contributed by atoms with Crippen molar-refractivity contribution in [2.75, 3.05) is 31.9 Å². The van der Waals surface area contributed by atoms with Crippen molar-refractivity contribution >= 4 is 17.6 Å². The first-order valence-corrected chi connectivity index (χ1v) is 16.9. The second-order valence-corrected chi connectivity index (χ2v) is 13.1. The Bertz CT molecular complexity index is 1360. The van der Waals surface area contributed by atoms with E-state index in [1.807, 2.05) is 0 Å². The minimum Gasteiger partial charge on any atom is -0.390 e. The number of hydrogen-bond acceptors (Lipinski definition) is 19. The number of amides is 2. The molecule has 4 rings (SSSR count). The molecule has 0 bridgehead atoms. The topological polar surface area (TPSA) is 390 Å². The Balaban J connectivity index is 1.16. The quantitative estimate of drug-likeness (QED) is 0.0744. The maximum absolute atomic E-state index is 12.6. The largest absolute Gasteiger partial charge is 0.390 e. The summed E-state index contributed by atoms with van der Waals surface area (Å²) in [6.45, 7) is 0.355. The smallest absolute Gasteiger partial charge is 0.351 e. The van der Waals surface area contributed by atoms with Gasteiger partial charge in [0.15, 0.2) is 18.6 Å². The molecule has 1 saturated carbocycles. The van der Waals surface area contributed by atoms with Crippen molar-refractivity contribution in [2.24, 2.45) is 28.7 Å². The van der Waals surface area contributed by atoms with Crippen LogP contribution in [-0.2, 0) is 23.8 Å². The van der Waals surface area contributed by atoms with Crippen molar-refractivity contribution in [1.29, 1.82) is 0 Å². The predicted molar refractivity (Wildman–Crippen MR) is 178 cm³/mol. The van der Waals surface area contributed by atoms with Gasteiger partial charge in [-0.3, -0.25) is 14.2 Å². The van der Waals surface area contributed by atoms with Gasteiger partial charge in [0.05, 0.1) is 30.3 Å². The standard InChI is InChI=1S/C29H53N11O11/c30-10-14-19(42)20(43)16(35)28(49-14)51-23-13(33)9-12(32)18(41)17(23)36-6-7-38-25(46)11(31)3-1-2-5-37-26(47)24-21(44)22(45)27(50-24)40-8-4-15(34)39-29(40)48/h4,8,11-14,16-24,27-28,36,41-45H,1-3,5-7,9-10,30-33,35H2,(H,37,47)(H,38,46)(H2,34,39,48)/t11-,12+,13-,14+,16+,17-,18-,19+,20+,21-,22+,23+,24-,27+,28+/m0/s1. The number of hydrogen-bond donors (Lipinski definition) is 14. The molecule has 3 heterocycles. The minimum absolute atomic E-state index is 0.0373. The number of unbranched alkanes of at least 4 members (excludes halogenated alkanes) is 1. The van der Waals surface area contributed by atoms with Crippen LogP contribution in [0.2, 0.25) is 0 Å². The fraction of sp³-hybridized carbons (Fsp3) is 0.793. The Morgan fingerprint density at radius 3 is 2.37 bits per heavy atom. The van der Waals surface area contributed by atoms with E-state index in [-0.39, 0.29) is 38.4 Å².